The van der Waals surface area contributed by atoms with Gasteiger partial charge in [-0.15, -0.1) is 11.3 Å². The minimum Gasteiger partial charge on any atom is -0.355 e. The van der Waals surface area contributed by atoms with Gasteiger partial charge in [-0.1, -0.05) is 0 Å². The van der Waals surface area contributed by atoms with Crippen LogP contribution in [0.25, 0.3) is 0 Å². The summed E-state index contributed by atoms with van der Waals surface area (Å²) in [5.74, 6) is 0.899. The maximum Gasteiger partial charge on any atom is 0.323 e. The number of nitrogens with one attached hydrogen (secondary N) is 1. The number of hydrogen-bond donors (Lipinski definition) is 1. The van der Waals surface area contributed by atoms with Crippen molar-refractivity contribution in [3.05, 3.63) is 30.2 Å². The molecule has 2 amide bonds. The monoisotopic (exact) mass is 318 g/mol. The van der Waals surface area contributed by atoms with E-state index in [4.69, 9.17) is 0 Å². The number of nitrogens with zero attached hydrogens (tertiary/aromatic N) is 5. The van der Waals surface area contributed by atoms with E-state index in [-0.39, 0.29) is 12.1 Å². The molecule has 0 atom stereocenters. The molecule has 0 unspecified atom stereocenters. The third-order valence-electron chi connectivity index (χ3n) is 3.85. The van der Waals surface area contributed by atoms with E-state index in [1.54, 1.807) is 29.7 Å². The molecule has 0 aliphatic carbocycles. The number of amides is 2. The van der Waals surface area contributed by atoms with Gasteiger partial charge in [0.15, 0.2) is 5.13 Å². The molecule has 3 heterocycles. The van der Waals surface area contributed by atoms with E-state index in [0.29, 0.717) is 5.13 Å². The summed E-state index contributed by atoms with van der Waals surface area (Å²) in [6.45, 7) is 1.75. The zero-order valence-electron chi connectivity index (χ0n) is 12.3. The van der Waals surface area contributed by atoms with Crippen LogP contribution in [0.1, 0.15) is 12.8 Å². The number of thiazole rings is 1. The molecule has 1 saturated heterocycles. The van der Waals surface area contributed by atoms with Gasteiger partial charge in [-0.25, -0.2) is 14.8 Å². The zero-order chi connectivity index (χ0) is 15.4. The van der Waals surface area contributed by atoms with Gasteiger partial charge in [0.2, 0.25) is 0 Å². The van der Waals surface area contributed by atoms with Crippen molar-refractivity contribution >= 4 is 28.3 Å². The van der Waals surface area contributed by atoms with Crippen molar-refractivity contribution in [2.24, 2.45) is 0 Å². The van der Waals surface area contributed by atoms with E-state index >= 15 is 0 Å². The van der Waals surface area contributed by atoms with Gasteiger partial charge in [-0.2, -0.15) is 0 Å². The first kappa shape index (κ1) is 14.7. The number of carbonyl (C=O) groups is 1. The molecule has 0 spiro atoms. The third kappa shape index (κ3) is 3.33. The number of rotatable bonds is 3. The molecule has 22 heavy (non-hydrogen) atoms. The van der Waals surface area contributed by atoms with Crippen LogP contribution in [0.2, 0.25) is 0 Å². The summed E-state index contributed by atoms with van der Waals surface area (Å²) in [6.07, 6.45) is 8.66. The van der Waals surface area contributed by atoms with Crippen LogP contribution in [0.15, 0.2) is 30.2 Å². The van der Waals surface area contributed by atoms with Gasteiger partial charge in [0, 0.05) is 50.1 Å². The Hall–Kier alpha value is -2.22. The van der Waals surface area contributed by atoms with E-state index in [1.807, 2.05) is 12.4 Å². The van der Waals surface area contributed by atoms with Crippen LogP contribution in [0, 0.1) is 0 Å². The van der Waals surface area contributed by atoms with E-state index in [9.17, 15) is 4.79 Å². The van der Waals surface area contributed by atoms with E-state index in [0.717, 1.165) is 31.7 Å². The smallest absolute Gasteiger partial charge is 0.323 e. The van der Waals surface area contributed by atoms with Crippen molar-refractivity contribution in [2.75, 3.05) is 30.4 Å². The Balaban J connectivity index is 1.53. The topological polar surface area (TPSA) is 74.2 Å². The van der Waals surface area contributed by atoms with Gasteiger partial charge in [-0.05, 0) is 12.8 Å². The van der Waals surface area contributed by atoms with Crippen LogP contribution in [0.4, 0.5) is 15.7 Å². The number of hydrogen-bond acceptors (Lipinski definition) is 6. The molecule has 2 aromatic heterocycles. The molecular weight excluding hydrogens is 300 g/mol. The number of anilines is 2. The van der Waals surface area contributed by atoms with Crippen LogP contribution in [0.3, 0.4) is 0 Å². The minimum atomic E-state index is -0.104. The average Bonchev–Trinajstić information content (AvgIpc) is 3.08. The van der Waals surface area contributed by atoms with Gasteiger partial charge in [0.25, 0.3) is 0 Å². The highest BCUT2D eigenvalue weighted by Crippen LogP contribution is 2.20. The molecule has 116 valence electrons. The molecule has 3 rings (SSSR count). The second kappa shape index (κ2) is 6.69. The first-order chi connectivity index (χ1) is 10.7. The van der Waals surface area contributed by atoms with Gasteiger partial charge < -0.3 is 9.80 Å². The zero-order valence-corrected chi connectivity index (χ0v) is 13.2. The van der Waals surface area contributed by atoms with Gasteiger partial charge >= 0.3 is 6.03 Å². The van der Waals surface area contributed by atoms with Crippen molar-refractivity contribution in [2.45, 2.75) is 18.9 Å². The summed E-state index contributed by atoms with van der Waals surface area (Å²) in [5, 5.41) is 5.30. The second-order valence-corrected chi connectivity index (χ2v) is 6.05. The highest BCUT2D eigenvalue weighted by Gasteiger charge is 2.26. The second-order valence-electron chi connectivity index (χ2n) is 5.16. The highest BCUT2D eigenvalue weighted by atomic mass is 32.1. The first-order valence-corrected chi connectivity index (χ1v) is 8.06. The van der Waals surface area contributed by atoms with E-state index in [1.165, 1.54) is 11.3 Å². The summed E-state index contributed by atoms with van der Waals surface area (Å²) in [7, 11) is 1.84. The number of carbonyl (C=O) groups excluding carboxylic acids is 1. The Morgan fingerprint density at radius 1 is 1.32 bits per heavy atom. The van der Waals surface area contributed by atoms with Crippen molar-refractivity contribution in [1.29, 1.82) is 0 Å². The fourth-order valence-corrected chi connectivity index (χ4v) is 3.09. The lowest BCUT2D eigenvalue weighted by atomic mass is 10.0. The largest absolute Gasteiger partial charge is 0.355 e. The molecule has 1 aliphatic rings. The Labute approximate surface area is 133 Å². The standard InChI is InChI=1S/C14H18N6OS/c1-19(14(21)18-13-17-6-9-22-13)11-2-7-20(8-3-11)12-10-15-4-5-16-12/h4-6,9-11H,2-3,7-8H2,1H3,(H,17,18,21). The molecule has 1 aliphatic heterocycles. The lowest BCUT2D eigenvalue weighted by molar-refractivity contribution is 0.193. The van der Waals surface area contributed by atoms with Crippen LogP contribution < -0.4 is 10.2 Å². The van der Waals surface area contributed by atoms with Crippen LogP contribution in [-0.4, -0.2) is 52.1 Å². The Morgan fingerprint density at radius 3 is 2.77 bits per heavy atom. The molecule has 0 radical (unpaired) electrons. The van der Waals surface area contributed by atoms with Crippen LogP contribution in [-0.2, 0) is 0 Å². The third-order valence-corrected chi connectivity index (χ3v) is 4.54. The predicted molar refractivity (Wildman–Crippen MR) is 86.2 cm³/mol. The molecule has 8 heteroatoms. The van der Waals surface area contributed by atoms with Gasteiger partial charge in [0.05, 0.1) is 6.20 Å². The molecule has 1 N–H and O–H groups in total. The highest BCUT2D eigenvalue weighted by molar-refractivity contribution is 7.13. The van der Waals surface area contributed by atoms with Crippen molar-refractivity contribution < 1.29 is 4.79 Å². The lowest BCUT2D eigenvalue weighted by Gasteiger charge is -2.36. The summed E-state index contributed by atoms with van der Waals surface area (Å²) in [6, 6.07) is 0.126. The van der Waals surface area contributed by atoms with Crippen molar-refractivity contribution in [1.82, 2.24) is 19.9 Å². The number of urea groups is 1. The van der Waals surface area contributed by atoms with E-state index < -0.39 is 0 Å². The molecule has 7 nitrogen and oxygen atoms in total. The van der Waals surface area contributed by atoms with E-state index in [2.05, 4.69) is 25.2 Å². The number of aromatic nitrogens is 3. The van der Waals surface area contributed by atoms with Crippen LogP contribution >= 0.6 is 11.3 Å². The summed E-state index contributed by atoms with van der Waals surface area (Å²) < 4.78 is 0. The normalized spacial score (nSPS) is 15.6. The van der Waals surface area contributed by atoms with Crippen LogP contribution in [0.5, 0.6) is 0 Å². The SMILES string of the molecule is CN(C(=O)Nc1nccs1)C1CCN(c2cnccn2)CC1. The molecular formula is C14H18N6OS. The Morgan fingerprint density at radius 2 is 2.14 bits per heavy atom. The summed E-state index contributed by atoms with van der Waals surface area (Å²) in [5.41, 5.74) is 0. The fraction of sp³-hybridized carbons (Fsp3) is 0.429. The molecule has 0 aromatic carbocycles. The molecule has 1 fully saturated rings. The predicted octanol–water partition coefficient (Wildman–Crippen LogP) is 2.07. The molecule has 0 saturated carbocycles. The maximum absolute atomic E-state index is 12.2. The summed E-state index contributed by atoms with van der Waals surface area (Å²) >= 11 is 1.42. The average molecular weight is 318 g/mol. The maximum atomic E-state index is 12.2. The number of piperidine rings is 1. The lowest BCUT2D eigenvalue weighted by Crippen LogP contribution is -2.47. The first-order valence-electron chi connectivity index (χ1n) is 7.18. The molecule has 0 bridgehead atoms. The quantitative estimate of drug-likeness (QED) is 0.937. The van der Waals surface area contributed by atoms with Gasteiger partial charge in [0.1, 0.15) is 5.82 Å². The Bertz CT molecular complexity index is 597. The fourth-order valence-electron chi connectivity index (χ4n) is 2.57. The summed E-state index contributed by atoms with van der Waals surface area (Å²) in [4.78, 5) is 28.7. The minimum absolute atomic E-state index is 0.104. The van der Waals surface area contributed by atoms with Gasteiger partial charge in [-0.3, -0.25) is 10.3 Å². The van der Waals surface area contributed by atoms with Crippen molar-refractivity contribution in [3.8, 4) is 0 Å². The molecule has 2 aromatic rings. The Kier molecular flexibility index (Phi) is 4.47. The van der Waals surface area contributed by atoms with Crippen molar-refractivity contribution in [3.63, 3.8) is 0 Å².